The van der Waals surface area contributed by atoms with Crippen molar-refractivity contribution in [3.8, 4) is 0 Å². The maximum atomic E-state index is 5.79. The fraction of sp³-hybridized carbons (Fsp3) is 1.00. The van der Waals surface area contributed by atoms with Gasteiger partial charge >= 0.3 is 111 Å². The van der Waals surface area contributed by atoms with E-state index in [9.17, 15) is 0 Å². The number of hydrogen-bond acceptors (Lipinski definition) is 2. The Kier molecular flexibility index (Phi) is 8.90. The Morgan fingerprint density at radius 3 is 1.07 bits per heavy atom. The Balaban J connectivity index is 4.29. The first-order valence-corrected chi connectivity index (χ1v) is 20.1. The van der Waals surface area contributed by atoms with Gasteiger partial charge in [-0.25, -0.2) is 0 Å². The summed E-state index contributed by atoms with van der Waals surface area (Å²) in [6.45, 7) is 9.12. The van der Waals surface area contributed by atoms with E-state index < -0.39 is 9.45 Å². The molecule has 6 heteroatoms. The summed E-state index contributed by atoms with van der Waals surface area (Å²) in [7, 11) is 0. The zero-order valence-electron chi connectivity index (χ0n) is 9.36. The van der Waals surface area contributed by atoms with Gasteiger partial charge in [0, 0.05) is 0 Å². The van der Waals surface area contributed by atoms with Crippen LogP contribution >= 0.6 is 9.45 Å². The van der Waals surface area contributed by atoms with Gasteiger partial charge in [-0.15, -0.1) is 0 Å². The van der Waals surface area contributed by atoms with Crippen molar-refractivity contribution >= 4 is 58.4 Å². The fourth-order valence-corrected chi connectivity index (χ4v) is 61.2. The minimum atomic E-state index is -0.919. The molecule has 0 N–H and O–H groups in total. The van der Waals surface area contributed by atoms with E-state index in [0.717, 1.165) is 25.4 Å². The number of rotatable bonds is 7. The molecular formula is C8H20P2S2Se2. The SMILES string of the molecule is CCP(=S)(CC)[Se][Se]P(=S)(CC)CC. The zero-order chi connectivity index (χ0) is 11.2. The van der Waals surface area contributed by atoms with Gasteiger partial charge in [-0.3, -0.25) is 0 Å². The molecule has 0 aromatic heterocycles. The topological polar surface area (TPSA) is 0 Å². The molecule has 0 saturated carbocycles. The molecule has 14 heavy (non-hydrogen) atoms. The van der Waals surface area contributed by atoms with E-state index in [4.69, 9.17) is 23.6 Å². The van der Waals surface area contributed by atoms with Crippen molar-refractivity contribution in [2.24, 2.45) is 0 Å². The first-order valence-electron chi connectivity index (χ1n) is 4.99. The monoisotopic (exact) mass is 402 g/mol. The van der Waals surface area contributed by atoms with Gasteiger partial charge in [-0.1, -0.05) is 0 Å². The van der Waals surface area contributed by atoms with Crippen LogP contribution in [0.25, 0.3) is 0 Å². The average Bonchev–Trinajstić information content (AvgIpc) is 2.25. The van der Waals surface area contributed by atoms with Crippen LogP contribution in [0.3, 0.4) is 0 Å². The van der Waals surface area contributed by atoms with E-state index in [1.807, 2.05) is 0 Å². The molecule has 0 heterocycles. The second-order valence-corrected chi connectivity index (χ2v) is 36.9. The molecule has 86 valence electrons. The van der Waals surface area contributed by atoms with Crippen molar-refractivity contribution in [2.45, 2.75) is 27.7 Å². The predicted octanol–water partition coefficient (Wildman–Crippen LogP) is 3.18. The molecular weight excluding hydrogens is 380 g/mol. The summed E-state index contributed by atoms with van der Waals surface area (Å²) in [5.41, 5.74) is 0. The Morgan fingerprint density at radius 2 is 0.929 bits per heavy atom. The van der Waals surface area contributed by atoms with Gasteiger partial charge in [0.05, 0.1) is 0 Å². The second-order valence-electron chi connectivity index (χ2n) is 3.04. The van der Waals surface area contributed by atoms with Crippen LogP contribution < -0.4 is 0 Å². The first-order chi connectivity index (χ1) is 6.45. The molecule has 0 amide bonds. The van der Waals surface area contributed by atoms with E-state index in [2.05, 4.69) is 27.7 Å². The van der Waals surface area contributed by atoms with Gasteiger partial charge in [-0.2, -0.15) is 0 Å². The van der Waals surface area contributed by atoms with Crippen molar-refractivity contribution < 1.29 is 0 Å². The van der Waals surface area contributed by atoms with E-state index >= 15 is 0 Å². The Bertz CT molecular complexity index is 214. The van der Waals surface area contributed by atoms with Crippen LogP contribution in [0.2, 0.25) is 0 Å². The molecule has 0 atom stereocenters. The van der Waals surface area contributed by atoms with Gasteiger partial charge < -0.3 is 0 Å². The van der Waals surface area contributed by atoms with E-state index in [1.54, 1.807) is 0 Å². The third kappa shape index (κ3) is 5.60. The molecule has 0 fully saturated rings. The molecule has 0 radical (unpaired) electrons. The quantitative estimate of drug-likeness (QED) is 0.476. The third-order valence-electron chi connectivity index (χ3n) is 2.23. The van der Waals surface area contributed by atoms with Crippen molar-refractivity contribution in [1.82, 2.24) is 0 Å². The maximum absolute atomic E-state index is 5.79. The van der Waals surface area contributed by atoms with Crippen LogP contribution in [-0.2, 0) is 23.6 Å². The summed E-state index contributed by atoms with van der Waals surface area (Å²) < 4.78 is -1.84. The van der Waals surface area contributed by atoms with Gasteiger partial charge in [0.1, 0.15) is 0 Å². The Morgan fingerprint density at radius 1 is 0.714 bits per heavy atom. The molecule has 0 aromatic rings. The van der Waals surface area contributed by atoms with Crippen molar-refractivity contribution in [1.29, 1.82) is 0 Å². The molecule has 0 aliphatic carbocycles. The van der Waals surface area contributed by atoms with Gasteiger partial charge in [0.2, 0.25) is 0 Å². The van der Waals surface area contributed by atoms with E-state index in [1.165, 1.54) is 24.6 Å². The van der Waals surface area contributed by atoms with E-state index in [0.29, 0.717) is 0 Å². The molecule has 0 aliphatic heterocycles. The standard InChI is InChI=1S/C8H20P2S2Se2/c1-5-9(11,6-2)13-14-10(12,7-3)8-4/h5-8H2,1-4H3. The van der Waals surface area contributed by atoms with Crippen LogP contribution in [0.5, 0.6) is 0 Å². The van der Waals surface area contributed by atoms with Crippen LogP contribution in [-0.4, -0.2) is 50.0 Å². The molecule has 0 aliphatic rings. The first kappa shape index (κ1) is 16.3. The van der Waals surface area contributed by atoms with Gasteiger partial charge in [0.25, 0.3) is 0 Å². The third-order valence-corrected chi connectivity index (χ3v) is 55.3. The Hall–Kier alpha value is 2.34. The summed E-state index contributed by atoms with van der Waals surface area (Å²) in [4.78, 5) is 0. The van der Waals surface area contributed by atoms with Gasteiger partial charge in [-0.05, 0) is 0 Å². The normalized spacial score (nSPS) is 13.1. The molecule has 0 nitrogen and oxygen atoms in total. The summed E-state index contributed by atoms with van der Waals surface area (Å²) >= 11 is 13.1. The van der Waals surface area contributed by atoms with Crippen molar-refractivity contribution in [3.05, 3.63) is 0 Å². The van der Waals surface area contributed by atoms with Crippen molar-refractivity contribution in [2.75, 3.05) is 24.6 Å². The predicted molar refractivity (Wildman–Crippen MR) is 82.2 cm³/mol. The van der Waals surface area contributed by atoms with Crippen LogP contribution in [0, 0.1) is 0 Å². The van der Waals surface area contributed by atoms with Crippen LogP contribution in [0.1, 0.15) is 27.7 Å². The second kappa shape index (κ2) is 7.62. The number of hydrogen-bond donors (Lipinski definition) is 0. The molecule has 0 rings (SSSR count). The summed E-state index contributed by atoms with van der Waals surface area (Å²) in [5.74, 6) is 0. The van der Waals surface area contributed by atoms with Crippen molar-refractivity contribution in [3.63, 3.8) is 0 Å². The van der Waals surface area contributed by atoms with E-state index in [-0.39, 0.29) is 0 Å². The molecule has 0 unspecified atom stereocenters. The molecule has 0 bridgehead atoms. The minimum absolute atomic E-state index is 0.750. The van der Waals surface area contributed by atoms with Gasteiger partial charge in [0.15, 0.2) is 0 Å². The zero-order valence-corrected chi connectivity index (χ0v) is 16.2. The summed E-state index contributed by atoms with van der Waals surface area (Å²) in [5, 5.41) is 0. The van der Waals surface area contributed by atoms with Crippen LogP contribution in [0.4, 0.5) is 0 Å². The molecule has 0 spiro atoms. The Labute approximate surface area is 110 Å². The van der Waals surface area contributed by atoms with Crippen LogP contribution in [0.15, 0.2) is 0 Å². The molecule has 0 saturated heterocycles. The average molecular weight is 400 g/mol. The summed E-state index contributed by atoms with van der Waals surface area (Å²) in [6.07, 6.45) is 5.07. The molecule has 0 aromatic carbocycles. The fourth-order valence-electron chi connectivity index (χ4n) is 0.780. The summed E-state index contributed by atoms with van der Waals surface area (Å²) in [6, 6.07) is 0.